The third-order valence-corrected chi connectivity index (χ3v) is 3.81. The zero-order chi connectivity index (χ0) is 12.4. The zero-order valence-corrected chi connectivity index (χ0v) is 11.0. The van der Waals surface area contributed by atoms with Crippen LogP contribution in [0.3, 0.4) is 0 Å². The number of aromatic nitrogens is 1. The molecule has 1 N–H and O–H groups in total. The first kappa shape index (κ1) is 11.2. The summed E-state index contributed by atoms with van der Waals surface area (Å²) >= 11 is 1.77. The topological polar surface area (TPSA) is 24.9 Å². The number of aryl methyl sites for hydroxylation is 1. The molecule has 2 aromatic heterocycles. The third kappa shape index (κ3) is 2.22. The Bertz CT molecular complexity index is 659. The number of nitrogens with zero attached hydrogens (tertiary/aromatic N) is 1. The fraction of sp³-hybridized carbons (Fsp3) is 0.133. The lowest BCUT2D eigenvalue weighted by Gasteiger charge is -2.09. The van der Waals surface area contributed by atoms with E-state index in [1.807, 2.05) is 12.3 Å². The minimum atomic E-state index is 0.866. The van der Waals surface area contributed by atoms with Crippen molar-refractivity contribution in [1.29, 1.82) is 0 Å². The van der Waals surface area contributed by atoms with Crippen molar-refractivity contribution in [2.24, 2.45) is 0 Å². The number of pyridine rings is 1. The Morgan fingerprint density at radius 1 is 1.22 bits per heavy atom. The van der Waals surface area contributed by atoms with Gasteiger partial charge in [-0.3, -0.25) is 4.98 Å². The second kappa shape index (κ2) is 4.78. The predicted octanol–water partition coefficient (Wildman–Crippen LogP) is 4.22. The Morgan fingerprint density at radius 2 is 2.17 bits per heavy atom. The molecule has 0 aliphatic heterocycles. The number of fused-ring (bicyclic) bond motifs is 1. The fourth-order valence-electron chi connectivity index (χ4n) is 2.01. The number of hydrogen-bond acceptors (Lipinski definition) is 3. The first-order chi connectivity index (χ1) is 8.83. The van der Waals surface area contributed by atoms with Crippen LogP contribution in [0.15, 0.2) is 48.0 Å². The van der Waals surface area contributed by atoms with Crippen LogP contribution in [0, 0.1) is 6.92 Å². The maximum absolute atomic E-state index is 4.39. The third-order valence-electron chi connectivity index (χ3n) is 2.93. The number of rotatable bonds is 3. The van der Waals surface area contributed by atoms with Crippen LogP contribution < -0.4 is 5.32 Å². The van der Waals surface area contributed by atoms with Gasteiger partial charge in [0.15, 0.2) is 0 Å². The van der Waals surface area contributed by atoms with Crippen LogP contribution in [-0.2, 0) is 6.54 Å². The van der Waals surface area contributed by atoms with Crippen LogP contribution in [0.2, 0.25) is 0 Å². The molecule has 3 aromatic rings. The van der Waals surface area contributed by atoms with Crippen LogP contribution in [0.5, 0.6) is 0 Å². The minimum absolute atomic E-state index is 0.866. The van der Waals surface area contributed by atoms with Gasteiger partial charge in [-0.25, -0.2) is 0 Å². The predicted molar refractivity (Wildman–Crippen MR) is 78.1 cm³/mol. The summed E-state index contributed by atoms with van der Waals surface area (Å²) in [5.74, 6) is 0. The van der Waals surface area contributed by atoms with Crippen LogP contribution in [-0.4, -0.2) is 4.98 Å². The molecule has 2 heterocycles. The lowest BCUT2D eigenvalue weighted by atomic mass is 10.1. The van der Waals surface area contributed by atoms with E-state index in [4.69, 9.17) is 0 Å². The van der Waals surface area contributed by atoms with Crippen LogP contribution in [0.1, 0.15) is 10.4 Å². The highest BCUT2D eigenvalue weighted by Crippen LogP contribution is 2.23. The Hall–Kier alpha value is -1.87. The van der Waals surface area contributed by atoms with E-state index >= 15 is 0 Å². The summed E-state index contributed by atoms with van der Waals surface area (Å²) in [5.41, 5.74) is 3.45. The Balaban J connectivity index is 1.93. The Morgan fingerprint density at radius 3 is 3.00 bits per heavy atom. The molecule has 90 valence electrons. The molecular weight excluding hydrogens is 240 g/mol. The standard InChI is InChI=1S/C15H14N2S/c1-11-4-5-14-13(9-11)15(6-7-16-14)17-10-12-3-2-8-18-12/h2-9H,10H2,1H3,(H,16,17). The first-order valence-corrected chi connectivity index (χ1v) is 6.82. The molecule has 0 saturated carbocycles. The van der Waals surface area contributed by atoms with Gasteiger partial charge in [0.1, 0.15) is 0 Å². The second-order valence-corrected chi connectivity index (χ2v) is 5.34. The highest BCUT2D eigenvalue weighted by Gasteiger charge is 2.02. The number of benzene rings is 1. The second-order valence-electron chi connectivity index (χ2n) is 4.31. The Labute approximate surface area is 110 Å². The number of nitrogens with one attached hydrogen (secondary N) is 1. The van der Waals surface area contributed by atoms with Gasteiger partial charge in [-0.2, -0.15) is 0 Å². The van der Waals surface area contributed by atoms with Crippen LogP contribution in [0.4, 0.5) is 5.69 Å². The summed E-state index contributed by atoms with van der Waals surface area (Å²) in [6.07, 6.45) is 1.86. The fourth-order valence-corrected chi connectivity index (χ4v) is 2.65. The molecule has 0 amide bonds. The van der Waals surface area contributed by atoms with Gasteiger partial charge in [-0.1, -0.05) is 17.7 Å². The van der Waals surface area contributed by atoms with E-state index in [0.717, 1.165) is 17.7 Å². The van der Waals surface area contributed by atoms with Gasteiger partial charge >= 0.3 is 0 Å². The molecule has 3 rings (SSSR count). The van der Waals surface area contributed by atoms with Crippen molar-refractivity contribution in [3.63, 3.8) is 0 Å². The summed E-state index contributed by atoms with van der Waals surface area (Å²) < 4.78 is 0. The Kier molecular flexibility index (Phi) is 2.99. The maximum atomic E-state index is 4.39. The van der Waals surface area contributed by atoms with Crippen molar-refractivity contribution in [2.75, 3.05) is 5.32 Å². The molecule has 0 aliphatic carbocycles. The molecule has 0 saturated heterocycles. The van der Waals surface area contributed by atoms with Gasteiger partial charge < -0.3 is 5.32 Å². The molecule has 0 fully saturated rings. The van der Waals surface area contributed by atoms with E-state index in [2.05, 4.69) is 52.9 Å². The molecule has 0 bridgehead atoms. The van der Waals surface area contributed by atoms with Crippen molar-refractivity contribution < 1.29 is 0 Å². The first-order valence-electron chi connectivity index (χ1n) is 5.94. The molecule has 1 aromatic carbocycles. The summed E-state index contributed by atoms with van der Waals surface area (Å²) in [6.45, 7) is 2.97. The van der Waals surface area contributed by atoms with Crippen molar-refractivity contribution in [3.8, 4) is 0 Å². The summed E-state index contributed by atoms with van der Waals surface area (Å²) in [5, 5.41) is 6.78. The molecule has 0 unspecified atom stereocenters. The SMILES string of the molecule is Cc1ccc2nccc(NCc3cccs3)c2c1. The normalized spacial score (nSPS) is 10.7. The van der Waals surface area contributed by atoms with E-state index in [0.29, 0.717) is 0 Å². The summed E-state index contributed by atoms with van der Waals surface area (Å²) in [7, 11) is 0. The lowest BCUT2D eigenvalue weighted by Crippen LogP contribution is -1.98. The zero-order valence-electron chi connectivity index (χ0n) is 10.2. The van der Waals surface area contributed by atoms with Gasteiger partial charge in [0.05, 0.1) is 5.52 Å². The van der Waals surface area contributed by atoms with E-state index in [1.54, 1.807) is 11.3 Å². The van der Waals surface area contributed by atoms with Crippen molar-refractivity contribution in [1.82, 2.24) is 4.98 Å². The van der Waals surface area contributed by atoms with Crippen molar-refractivity contribution >= 4 is 27.9 Å². The molecule has 0 spiro atoms. The van der Waals surface area contributed by atoms with E-state index in [9.17, 15) is 0 Å². The van der Waals surface area contributed by atoms with Gasteiger partial charge in [0.25, 0.3) is 0 Å². The average molecular weight is 254 g/mol. The van der Waals surface area contributed by atoms with E-state index in [1.165, 1.54) is 15.8 Å². The molecule has 18 heavy (non-hydrogen) atoms. The molecule has 0 radical (unpaired) electrons. The summed E-state index contributed by atoms with van der Waals surface area (Å²) in [4.78, 5) is 5.73. The lowest BCUT2D eigenvalue weighted by molar-refractivity contribution is 1.19. The van der Waals surface area contributed by atoms with Gasteiger partial charge in [-0.05, 0) is 36.6 Å². The molecular formula is C15H14N2S. The van der Waals surface area contributed by atoms with Crippen molar-refractivity contribution in [2.45, 2.75) is 13.5 Å². The number of hydrogen-bond donors (Lipinski definition) is 1. The molecule has 3 heteroatoms. The summed E-state index contributed by atoms with van der Waals surface area (Å²) in [6, 6.07) is 12.6. The quantitative estimate of drug-likeness (QED) is 0.757. The van der Waals surface area contributed by atoms with Gasteiger partial charge in [-0.15, -0.1) is 11.3 Å². The minimum Gasteiger partial charge on any atom is -0.380 e. The van der Waals surface area contributed by atoms with Gasteiger partial charge in [0, 0.05) is 28.7 Å². The molecule has 2 nitrogen and oxygen atoms in total. The molecule has 0 atom stereocenters. The number of anilines is 1. The number of thiophene rings is 1. The van der Waals surface area contributed by atoms with Gasteiger partial charge in [0.2, 0.25) is 0 Å². The van der Waals surface area contributed by atoms with E-state index < -0.39 is 0 Å². The van der Waals surface area contributed by atoms with Crippen LogP contribution in [0.25, 0.3) is 10.9 Å². The highest BCUT2D eigenvalue weighted by atomic mass is 32.1. The van der Waals surface area contributed by atoms with Crippen LogP contribution >= 0.6 is 11.3 Å². The maximum Gasteiger partial charge on any atom is 0.0722 e. The monoisotopic (exact) mass is 254 g/mol. The molecule has 0 aliphatic rings. The smallest absolute Gasteiger partial charge is 0.0722 e. The highest BCUT2D eigenvalue weighted by molar-refractivity contribution is 7.09. The van der Waals surface area contributed by atoms with Crippen molar-refractivity contribution in [3.05, 3.63) is 58.4 Å². The largest absolute Gasteiger partial charge is 0.380 e. The average Bonchev–Trinajstić information content (AvgIpc) is 2.89. The van der Waals surface area contributed by atoms with E-state index in [-0.39, 0.29) is 0 Å².